The van der Waals surface area contributed by atoms with Crippen molar-refractivity contribution < 1.29 is 4.42 Å². The second-order valence-electron chi connectivity index (χ2n) is 4.67. The summed E-state index contributed by atoms with van der Waals surface area (Å²) in [4.78, 5) is 10.9. The Labute approximate surface area is 150 Å². The van der Waals surface area contributed by atoms with Crippen LogP contribution in [0, 0.1) is 0 Å². The molecule has 2 aromatic heterocycles. The molecular formula is C13H19IN6OS. The number of aliphatic imine (C=N–C) groups is 1. The molecule has 3 heterocycles. The van der Waals surface area contributed by atoms with Crippen molar-refractivity contribution in [2.24, 2.45) is 10.7 Å². The van der Waals surface area contributed by atoms with E-state index >= 15 is 0 Å². The number of guanidine groups is 1. The molecule has 0 unspecified atom stereocenters. The molecule has 1 fully saturated rings. The highest BCUT2D eigenvalue weighted by Crippen LogP contribution is 2.14. The van der Waals surface area contributed by atoms with Gasteiger partial charge in [-0.3, -0.25) is 10.1 Å². The number of nitrogens with two attached hydrogens (primary N) is 1. The number of aromatic nitrogens is 3. The van der Waals surface area contributed by atoms with Crippen LogP contribution in [0.5, 0.6) is 0 Å². The summed E-state index contributed by atoms with van der Waals surface area (Å²) in [7, 11) is 0. The summed E-state index contributed by atoms with van der Waals surface area (Å²) in [5.41, 5.74) is 6.00. The number of thioether (sulfide) groups is 1. The van der Waals surface area contributed by atoms with Crippen molar-refractivity contribution >= 4 is 41.7 Å². The third-order valence-corrected chi connectivity index (χ3v) is 4.17. The van der Waals surface area contributed by atoms with Crippen molar-refractivity contribution in [3.05, 3.63) is 24.2 Å². The van der Waals surface area contributed by atoms with E-state index < -0.39 is 0 Å². The standard InChI is InChI=1S/C13H18N6OS.HI/c14-13(19-5-8-21-9-6-19)15-4-3-11-16-12(18-17-11)10-2-1-7-20-10;/h1-2,7H,3-6,8-9H2,(H2,14,15)(H,16,17,18);1H. The number of hydrogen-bond donors (Lipinski definition) is 2. The van der Waals surface area contributed by atoms with Crippen molar-refractivity contribution in [3.8, 4) is 11.6 Å². The van der Waals surface area contributed by atoms with Gasteiger partial charge in [-0.25, -0.2) is 4.98 Å². The van der Waals surface area contributed by atoms with Gasteiger partial charge in [-0.2, -0.15) is 16.9 Å². The second kappa shape index (κ2) is 8.42. The Hall–Kier alpha value is -1.23. The van der Waals surface area contributed by atoms with Gasteiger partial charge in [-0.05, 0) is 12.1 Å². The molecule has 120 valence electrons. The van der Waals surface area contributed by atoms with E-state index in [1.807, 2.05) is 23.9 Å². The highest BCUT2D eigenvalue weighted by atomic mass is 127. The van der Waals surface area contributed by atoms with Crippen molar-refractivity contribution in [3.63, 3.8) is 0 Å². The number of aromatic amines is 1. The highest BCUT2D eigenvalue weighted by Gasteiger charge is 2.12. The van der Waals surface area contributed by atoms with Crippen molar-refractivity contribution in [1.29, 1.82) is 0 Å². The Morgan fingerprint density at radius 2 is 2.27 bits per heavy atom. The molecule has 2 aromatic rings. The van der Waals surface area contributed by atoms with E-state index in [1.165, 1.54) is 0 Å². The molecule has 1 saturated heterocycles. The Morgan fingerprint density at radius 1 is 1.45 bits per heavy atom. The van der Waals surface area contributed by atoms with Gasteiger partial charge in [0.1, 0.15) is 5.82 Å². The normalized spacial score (nSPS) is 15.6. The monoisotopic (exact) mass is 434 g/mol. The minimum absolute atomic E-state index is 0. The van der Waals surface area contributed by atoms with Crippen molar-refractivity contribution in [2.75, 3.05) is 31.1 Å². The largest absolute Gasteiger partial charge is 0.461 e. The van der Waals surface area contributed by atoms with E-state index in [0.29, 0.717) is 30.5 Å². The molecule has 0 bridgehead atoms. The van der Waals surface area contributed by atoms with Crippen molar-refractivity contribution in [2.45, 2.75) is 6.42 Å². The first-order chi connectivity index (χ1) is 10.3. The fourth-order valence-corrected chi connectivity index (χ4v) is 3.00. The zero-order valence-corrected chi connectivity index (χ0v) is 15.2. The molecule has 0 atom stereocenters. The third-order valence-electron chi connectivity index (χ3n) is 3.23. The summed E-state index contributed by atoms with van der Waals surface area (Å²) in [6, 6.07) is 3.64. The van der Waals surface area contributed by atoms with Crippen LogP contribution in [-0.2, 0) is 6.42 Å². The lowest BCUT2D eigenvalue weighted by Crippen LogP contribution is -2.42. The summed E-state index contributed by atoms with van der Waals surface area (Å²) >= 11 is 1.95. The molecule has 3 rings (SSSR count). The smallest absolute Gasteiger partial charge is 0.216 e. The maximum atomic E-state index is 6.00. The van der Waals surface area contributed by atoms with Gasteiger partial charge in [0.05, 0.1) is 6.26 Å². The molecule has 1 aliphatic rings. The first-order valence-electron chi connectivity index (χ1n) is 6.91. The molecule has 1 aliphatic heterocycles. The van der Waals surface area contributed by atoms with E-state index in [2.05, 4.69) is 25.1 Å². The minimum Gasteiger partial charge on any atom is -0.461 e. The van der Waals surface area contributed by atoms with Gasteiger partial charge in [0.2, 0.25) is 5.82 Å². The van der Waals surface area contributed by atoms with Crippen LogP contribution in [0.25, 0.3) is 11.6 Å². The van der Waals surface area contributed by atoms with Crippen LogP contribution in [0.4, 0.5) is 0 Å². The fraction of sp³-hybridized carbons (Fsp3) is 0.462. The average Bonchev–Trinajstić information content (AvgIpc) is 3.19. The second-order valence-corrected chi connectivity index (χ2v) is 5.90. The molecule has 9 heteroatoms. The van der Waals surface area contributed by atoms with Crippen LogP contribution >= 0.6 is 35.7 Å². The predicted molar refractivity (Wildman–Crippen MR) is 98.6 cm³/mol. The molecule has 0 saturated carbocycles. The number of nitrogens with zero attached hydrogens (tertiary/aromatic N) is 4. The summed E-state index contributed by atoms with van der Waals surface area (Å²) in [5, 5.41) is 7.02. The topological polar surface area (TPSA) is 96.3 Å². The third kappa shape index (κ3) is 4.38. The number of rotatable bonds is 4. The summed E-state index contributed by atoms with van der Waals surface area (Å²) in [5.74, 6) is 4.87. The number of H-pyrrole nitrogens is 1. The maximum Gasteiger partial charge on any atom is 0.216 e. The average molecular weight is 434 g/mol. The Bertz CT molecular complexity index is 593. The molecule has 0 spiro atoms. The number of nitrogens with one attached hydrogen (secondary N) is 1. The Morgan fingerprint density at radius 3 is 3.00 bits per heavy atom. The Kier molecular flexibility index (Phi) is 6.55. The Balaban J connectivity index is 0.00000176. The molecule has 3 N–H and O–H groups in total. The lowest BCUT2D eigenvalue weighted by Gasteiger charge is -2.27. The summed E-state index contributed by atoms with van der Waals surface area (Å²) < 4.78 is 5.25. The van der Waals surface area contributed by atoms with Crippen LogP contribution in [0.15, 0.2) is 27.8 Å². The fourth-order valence-electron chi connectivity index (χ4n) is 2.09. The molecule has 0 amide bonds. The number of hydrogen-bond acceptors (Lipinski definition) is 5. The first-order valence-corrected chi connectivity index (χ1v) is 8.06. The molecular weight excluding hydrogens is 415 g/mol. The molecule has 0 radical (unpaired) electrons. The van der Waals surface area contributed by atoms with Crippen LogP contribution < -0.4 is 5.73 Å². The van der Waals surface area contributed by atoms with Gasteiger partial charge < -0.3 is 15.1 Å². The van der Waals surface area contributed by atoms with Gasteiger partial charge in [-0.1, -0.05) is 0 Å². The molecule has 22 heavy (non-hydrogen) atoms. The first kappa shape index (κ1) is 17.1. The van der Waals surface area contributed by atoms with E-state index in [-0.39, 0.29) is 24.0 Å². The zero-order valence-electron chi connectivity index (χ0n) is 12.1. The highest BCUT2D eigenvalue weighted by molar-refractivity contribution is 14.0. The van der Waals surface area contributed by atoms with E-state index in [9.17, 15) is 0 Å². The minimum atomic E-state index is 0. The molecule has 0 aromatic carbocycles. The number of halogens is 1. The van der Waals surface area contributed by atoms with Crippen LogP contribution in [-0.4, -0.2) is 57.2 Å². The van der Waals surface area contributed by atoms with Crippen molar-refractivity contribution in [1.82, 2.24) is 20.1 Å². The van der Waals surface area contributed by atoms with E-state index in [4.69, 9.17) is 10.2 Å². The van der Waals surface area contributed by atoms with Crippen LogP contribution in [0.1, 0.15) is 5.82 Å². The van der Waals surface area contributed by atoms with Crippen LogP contribution in [0.3, 0.4) is 0 Å². The van der Waals surface area contributed by atoms with Crippen LogP contribution in [0.2, 0.25) is 0 Å². The summed E-state index contributed by atoms with van der Waals surface area (Å²) in [6.07, 6.45) is 2.28. The van der Waals surface area contributed by atoms with Gasteiger partial charge in [0, 0.05) is 37.6 Å². The zero-order chi connectivity index (χ0) is 14.5. The van der Waals surface area contributed by atoms with Gasteiger partial charge in [0.25, 0.3) is 0 Å². The quantitative estimate of drug-likeness (QED) is 0.431. The predicted octanol–water partition coefficient (Wildman–Crippen LogP) is 1.59. The van der Waals surface area contributed by atoms with E-state index in [0.717, 1.165) is 30.4 Å². The van der Waals surface area contributed by atoms with Gasteiger partial charge in [-0.15, -0.1) is 24.0 Å². The maximum absolute atomic E-state index is 6.00. The van der Waals surface area contributed by atoms with E-state index in [1.54, 1.807) is 6.26 Å². The summed E-state index contributed by atoms with van der Waals surface area (Å²) in [6.45, 7) is 2.55. The molecule has 0 aliphatic carbocycles. The SMILES string of the molecule is I.NC(=NCCc1nc(-c2ccco2)n[nH]1)N1CCSCC1. The molecule has 7 nitrogen and oxygen atoms in total. The lowest BCUT2D eigenvalue weighted by atomic mass is 10.4. The van der Waals surface area contributed by atoms with Gasteiger partial charge >= 0.3 is 0 Å². The number of furan rings is 1. The lowest BCUT2D eigenvalue weighted by molar-refractivity contribution is 0.456. The van der Waals surface area contributed by atoms with Gasteiger partial charge in [0.15, 0.2) is 11.7 Å².